The van der Waals surface area contributed by atoms with Crippen molar-refractivity contribution in [2.75, 3.05) is 11.9 Å². The summed E-state index contributed by atoms with van der Waals surface area (Å²) in [6, 6.07) is 9.78. The second-order valence-electron chi connectivity index (χ2n) is 4.67. The monoisotopic (exact) mass is 287 g/mol. The molecule has 1 aromatic carbocycles. The molecule has 0 atom stereocenters. The van der Waals surface area contributed by atoms with Crippen molar-refractivity contribution in [2.45, 2.75) is 19.9 Å². The Morgan fingerprint density at radius 2 is 2.00 bits per heavy atom. The van der Waals surface area contributed by atoms with Crippen LogP contribution in [0.2, 0.25) is 0 Å². The molecular weight excluding hydrogens is 269 g/mol. The molecule has 0 unspecified atom stereocenters. The zero-order valence-corrected chi connectivity index (χ0v) is 11.9. The van der Waals surface area contributed by atoms with Gasteiger partial charge in [-0.1, -0.05) is 19.1 Å². The largest absolute Gasteiger partial charge is 0.381 e. The normalized spacial score (nSPS) is 10.2. The van der Waals surface area contributed by atoms with Crippen molar-refractivity contribution in [1.82, 2.24) is 10.3 Å². The average molecular weight is 287 g/mol. The quantitative estimate of drug-likeness (QED) is 0.859. The van der Waals surface area contributed by atoms with E-state index in [1.54, 1.807) is 30.5 Å². The van der Waals surface area contributed by atoms with Crippen LogP contribution in [0.3, 0.4) is 0 Å². The fourth-order valence-electron chi connectivity index (χ4n) is 1.80. The van der Waals surface area contributed by atoms with Crippen molar-refractivity contribution in [3.63, 3.8) is 0 Å². The summed E-state index contributed by atoms with van der Waals surface area (Å²) in [4.78, 5) is 15.9. The van der Waals surface area contributed by atoms with E-state index in [4.69, 9.17) is 0 Å². The summed E-state index contributed by atoms with van der Waals surface area (Å²) in [5.41, 5.74) is 2.15. The van der Waals surface area contributed by atoms with Crippen molar-refractivity contribution in [2.24, 2.45) is 0 Å². The lowest BCUT2D eigenvalue weighted by Gasteiger charge is -2.08. The first-order chi connectivity index (χ1) is 10.2. The number of nitrogens with zero attached hydrogens (tertiary/aromatic N) is 1. The number of amides is 1. The van der Waals surface area contributed by atoms with E-state index in [0.29, 0.717) is 18.8 Å². The predicted molar refractivity (Wildman–Crippen MR) is 80.6 cm³/mol. The SMILES string of the molecule is CCCNC(=O)c1cc(NCc2ccc(F)cc2)ccn1. The number of halogens is 1. The molecule has 21 heavy (non-hydrogen) atoms. The summed E-state index contributed by atoms with van der Waals surface area (Å²) in [7, 11) is 0. The Hall–Kier alpha value is -2.43. The molecule has 0 aliphatic rings. The first-order valence-electron chi connectivity index (χ1n) is 6.91. The van der Waals surface area contributed by atoms with Gasteiger partial charge in [0, 0.05) is 25.0 Å². The number of anilines is 1. The number of aromatic nitrogens is 1. The predicted octanol–water partition coefficient (Wildman–Crippen LogP) is 2.97. The van der Waals surface area contributed by atoms with E-state index in [1.165, 1.54) is 12.1 Å². The van der Waals surface area contributed by atoms with Crippen LogP contribution in [-0.4, -0.2) is 17.4 Å². The molecule has 1 aromatic heterocycles. The van der Waals surface area contributed by atoms with Crippen molar-refractivity contribution in [3.8, 4) is 0 Å². The molecule has 0 radical (unpaired) electrons. The molecule has 1 amide bonds. The highest BCUT2D eigenvalue weighted by molar-refractivity contribution is 5.93. The van der Waals surface area contributed by atoms with Crippen LogP contribution in [0.4, 0.5) is 10.1 Å². The zero-order chi connectivity index (χ0) is 15.1. The average Bonchev–Trinajstić information content (AvgIpc) is 2.52. The fourth-order valence-corrected chi connectivity index (χ4v) is 1.80. The maximum Gasteiger partial charge on any atom is 0.269 e. The number of hydrogen-bond acceptors (Lipinski definition) is 3. The Bertz CT molecular complexity index is 599. The molecule has 1 heterocycles. The Labute approximate surface area is 123 Å². The molecule has 0 aliphatic heterocycles. The molecule has 5 heteroatoms. The zero-order valence-electron chi connectivity index (χ0n) is 11.9. The van der Waals surface area contributed by atoms with Gasteiger partial charge in [0.25, 0.3) is 5.91 Å². The lowest BCUT2D eigenvalue weighted by Crippen LogP contribution is -2.24. The third-order valence-electron chi connectivity index (χ3n) is 2.94. The third-order valence-corrected chi connectivity index (χ3v) is 2.94. The van der Waals surface area contributed by atoms with Gasteiger partial charge in [-0.2, -0.15) is 0 Å². The molecule has 2 aromatic rings. The third kappa shape index (κ3) is 4.56. The summed E-state index contributed by atoms with van der Waals surface area (Å²) in [6.07, 6.45) is 2.47. The van der Waals surface area contributed by atoms with Crippen molar-refractivity contribution < 1.29 is 9.18 Å². The molecule has 0 spiro atoms. The van der Waals surface area contributed by atoms with Crippen LogP contribution in [0.5, 0.6) is 0 Å². The number of pyridine rings is 1. The molecule has 110 valence electrons. The molecule has 0 aliphatic carbocycles. The molecule has 4 nitrogen and oxygen atoms in total. The van der Waals surface area contributed by atoms with Crippen molar-refractivity contribution in [3.05, 3.63) is 59.7 Å². The summed E-state index contributed by atoms with van der Waals surface area (Å²) < 4.78 is 12.8. The lowest BCUT2D eigenvalue weighted by atomic mass is 10.2. The van der Waals surface area contributed by atoms with Crippen molar-refractivity contribution in [1.29, 1.82) is 0 Å². The molecule has 0 saturated heterocycles. The highest BCUT2D eigenvalue weighted by Gasteiger charge is 2.06. The van der Waals surface area contributed by atoms with Gasteiger partial charge in [0.2, 0.25) is 0 Å². The number of hydrogen-bond donors (Lipinski definition) is 2. The minimum Gasteiger partial charge on any atom is -0.381 e. The van der Waals surface area contributed by atoms with Crippen LogP contribution in [0.15, 0.2) is 42.6 Å². The summed E-state index contributed by atoms with van der Waals surface area (Å²) >= 11 is 0. The minimum atomic E-state index is -0.252. The van der Waals surface area contributed by atoms with Gasteiger partial charge in [0.15, 0.2) is 0 Å². The van der Waals surface area contributed by atoms with E-state index < -0.39 is 0 Å². The highest BCUT2D eigenvalue weighted by atomic mass is 19.1. The highest BCUT2D eigenvalue weighted by Crippen LogP contribution is 2.11. The van der Waals surface area contributed by atoms with Crippen LogP contribution in [0.1, 0.15) is 29.4 Å². The fraction of sp³-hybridized carbons (Fsp3) is 0.250. The Kier molecular flexibility index (Phi) is 5.26. The molecule has 2 N–H and O–H groups in total. The Morgan fingerprint density at radius 1 is 1.24 bits per heavy atom. The minimum absolute atomic E-state index is 0.178. The second-order valence-corrected chi connectivity index (χ2v) is 4.67. The maximum absolute atomic E-state index is 12.8. The number of rotatable bonds is 6. The van der Waals surface area contributed by atoms with Crippen LogP contribution >= 0.6 is 0 Å². The van der Waals surface area contributed by atoms with E-state index >= 15 is 0 Å². The number of carbonyl (C=O) groups is 1. The molecule has 2 rings (SSSR count). The van der Waals surface area contributed by atoms with Crippen LogP contribution in [0, 0.1) is 5.82 Å². The van der Waals surface area contributed by atoms with Gasteiger partial charge in [-0.15, -0.1) is 0 Å². The Balaban J connectivity index is 1.97. The summed E-state index contributed by atoms with van der Waals surface area (Å²) in [5.74, 6) is -0.431. The second kappa shape index (κ2) is 7.38. The summed E-state index contributed by atoms with van der Waals surface area (Å²) in [6.45, 7) is 3.18. The number of benzene rings is 1. The molecule has 0 bridgehead atoms. The van der Waals surface area contributed by atoms with E-state index in [1.807, 2.05) is 6.92 Å². The van der Waals surface area contributed by atoms with Gasteiger partial charge in [0.05, 0.1) is 0 Å². The summed E-state index contributed by atoms with van der Waals surface area (Å²) in [5, 5.41) is 5.97. The maximum atomic E-state index is 12.8. The van der Waals surface area contributed by atoms with Crippen LogP contribution < -0.4 is 10.6 Å². The molecule has 0 saturated carbocycles. The van der Waals surface area contributed by atoms with Gasteiger partial charge in [-0.05, 0) is 36.2 Å². The molecular formula is C16H18FN3O. The van der Waals surface area contributed by atoms with Gasteiger partial charge in [0.1, 0.15) is 11.5 Å². The lowest BCUT2D eigenvalue weighted by molar-refractivity contribution is 0.0948. The van der Waals surface area contributed by atoms with Crippen molar-refractivity contribution >= 4 is 11.6 Å². The van der Waals surface area contributed by atoms with E-state index in [9.17, 15) is 9.18 Å². The van der Waals surface area contributed by atoms with Gasteiger partial charge >= 0.3 is 0 Å². The Morgan fingerprint density at radius 3 is 2.71 bits per heavy atom. The van der Waals surface area contributed by atoms with Crippen LogP contribution in [-0.2, 0) is 6.54 Å². The van der Waals surface area contributed by atoms with Crippen LogP contribution in [0.25, 0.3) is 0 Å². The topological polar surface area (TPSA) is 54.0 Å². The van der Waals surface area contributed by atoms with Gasteiger partial charge in [-0.25, -0.2) is 4.39 Å². The van der Waals surface area contributed by atoms with E-state index in [2.05, 4.69) is 15.6 Å². The first-order valence-corrected chi connectivity index (χ1v) is 6.91. The number of nitrogens with one attached hydrogen (secondary N) is 2. The number of carbonyl (C=O) groups excluding carboxylic acids is 1. The smallest absolute Gasteiger partial charge is 0.269 e. The van der Waals surface area contributed by atoms with E-state index in [-0.39, 0.29) is 11.7 Å². The standard InChI is InChI=1S/C16H18FN3O/c1-2-8-19-16(21)15-10-14(7-9-18-15)20-11-12-3-5-13(17)6-4-12/h3-7,9-10H,2,8,11H2,1H3,(H,18,20)(H,19,21). The van der Waals surface area contributed by atoms with Gasteiger partial charge in [-0.3, -0.25) is 9.78 Å². The van der Waals surface area contributed by atoms with E-state index in [0.717, 1.165) is 17.7 Å². The first kappa shape index (κ1) is 15.0. The van der Waals surface area contributed by atoms with Gasteiger partial charge < -0.3 is 10.6 Å². The molecule has 0 fully saturated rings.